The van der Waals surface area contributed by atoms with Crippen LogP contribution in [0.1, 0.15) is 0 Å². The van der Waals surface area contributed by atoms with Crippen molar-refractivity contribution in [1.29, 1.82) is 0 Å². The average molecular weight is 329 g/mol. The highest BCUT2D eigenvalue weighted by molar-refractivity contribution is 6.37. The first-order valence-electron chi connectivity index (χ1n) is 5.90. The minimum absolute atomic E-state index is 0.318. The van der Waals surface area contributed by atoms with Crippen LogP contribution in [0.15, 0.2) is 24.3 Å². The van der Waals surface area contributed by atoms with Gasteiger partial charge in [0.25, 0.3) is 0 Å². The van der Waals surface area contributed by atoms with E-state index in [1.807, 2.05) is 0 Å². The number of anilines is 3. The molecule has 6 nitrogen and oxygen atoms in total. The first-order valence-corrected chi connectivity index (χ1v) is 6.65. The van der Waals surface area contributed by atoms with Crippen molar-refractivity contribution in [3.8, 4) is 11.5 Å². The van der Waals surface area contributed by atoms with Crippen LogP contribution in [0.2, 0.25) is 10.0 Å². The molecular weight excluding hydrogens is 315 g/mol. The standard InChI is InChI=1S/C13H14Cl2N4O2/c1-20-8-3-7(4-9(5-8)21-2)17-12-10(14)6-11(15)13(18-12)19-16/h3-6H,16H2,1-2H3,(H2,17,18,19). The van der Waals surface area contributed by atoms with Crippen LogP contribution >= 0.6 is 23.2 Å². The summed E-state index contributed by atoms with van der Waals surface area (Å²) in [6.07, 6.45) is 0. The van der Waals surface area contributed by atoms with E-state index in [1.165, 1.54) is 0 Å². The highest BCUT2D eigenvalue weighted by Crippen LogP contribution is 2.33. The minimum Gasteiger partial charge on any atom is -0.497 e. The molecule has 2 aromatic rings. The number of ether oxygens (including phenoxy) is 2. The van der Waals surface area contributed by atoms with Gasteiger partial charge in [0.1, 0.15) is 11.5 Å². The Morgan fingerprint density at radius 2 is 1.52 bits per heavy atom. The van der Waals surface area contributed by atoms with Crippen LogP contribution in [-0.2, 0) is 0 Å². The maximum absolute atomic E-state index is 6.12. The predicted molar refractivity (Wildman–Crippen MR) is 84.9 cm³/mol. The van der Waals surface area contributed by atoms with Crippen molar-refractivity contribution in [3.05, 3.63) is 34.3 Å². The molecule has 1 aromatic carbocycles. The quantitative estimate of drug-likeness (QED) is 0.576. The molecule has 0 aliphatic rings. The van der Waals surface area contributed by atoms with Crippen molar-refractivity contribution in [1.82, 2.24) is 4.98 Å². The summed E-state index contributed by atoms with van der Waals surface area (Å²) in [6.45, 7) is 0. The Morgan fingerprint density at radius 3 is 2.05 bits per heavy atom. The van der Waals surface area contributed by atoms with E-state index in [0.29, 0.717) is 38.9 Å². The lowest BCUT2D eigenvalue weighted by atomic mass is 10.2. The second-order valence-corrected chi connectivity index (χ2v) is 4.83. The molecule has 0 atom stereocenters. The van der Waals surface area contributed by atoms with Gasteiger partial charge in [-0.15, -0.1) is 0 Å². The summed E-state index contributed by atoms with van der Waals surface area (Å²) < 4.78 is 10.4. The van der Waals surface area contributed by atoms with Crippen molar-refractivity contribution < 1.29 is 9.47 Å². The van der Waals surface area contributed by atoms with E-state index >= 15 is 0 Å². The summed E-state index contributed by atoms with van der Waals surface area (Å²) in [5.74, 6) is 7.35. The Hall–Kier alpha value is -1.89. The molecule has 2 rings (SSSR count). The maximum Gasteiger partial charge on any atom is 0.161 e. The summed E-state index contributed by atoms with van der Waals surface area (Å²) in [5.41, 5.74) is 3.10. The van der Waals surface area contributed by atoms with Gasteiger partial charge >= 0.3 is 0 Å². The van der Waals surface area contributed by atoms with Crippen molar-refractivity contribution in [3.63, 3.8) is 0 Å². The molecule has 0 bridgehead atoms. The molecule has 4 N–H and O–H groups in total. The van der Waals surface area contributed by atoms with Crippen LogP contribution in [0, 0.1) is 0 Å². The second kappa shape index (κ2) is 6.71. The number of hydrazine groups is 1. The van der Waals surface area contributed by atoms with Gasteiger partial charge in [0.15, 0.2) is 11.6 Å². The molecule has 0 saturated carbocycles. The minimum atomic E-state index is 0.318. The predicted octanol–water partition coefficient (Wildman–Crippen LogP) is 3.43. The number of nitrogens with one attached hydrogen (secondary N) is 2. The van der Waals surface area contributed by atoms with Crippen molar-refractivity contribution in [2.45, 2.75) is 0 Å². The van der Waals surface area contributed by atoms with Gasteiger partial charge in [0.2, 0.25) is 0 Å². The van der Waals surface area contributed by atoms with Crippen LogP contribution in [-0.4, -0.2) is 19.2 Å². The van der Waals surface area contributed by atoms with Crippen LogP contribution in [0.5, 0.6) is 11.5 Å². The number of methoxy groups -OCH3 is 2. The Labute approximate surface area is 132 Å². The molecule has 8 heteroatoms. The first-order chi connectivity index (χ1) is 10.1. The fourth-order valence-electron chi connectivity index (χ4n) is 1.67. The van der Waals surface area contributed by atoms with E-state index in [2.05, 4.69) is 15.7 Å². The highest BCUT2D eigenvalue weighted by Gasteiger charge is 2.10. The number of aromatic nitrogens is 1. The lowest BCUT2D eigenvalue weighted by molar-refractivity contribution is 0.395. The number of rotatable bonds is 5. The third-order valence-corrected chi connectivity index (χ3v) is 3.26. The van der Waals surface area contributed by atoms with E-state index in [4.69, 9.17) is 38.5 Å². The van der Waals surface area contributed by atoms with Crippen molar-refractivity contribution in [2.24, 2.45) is 5.84 Å². The number of benzene rings is 1. The topological polar surface area (TPSA) is 81.4 Å². The summed E-state index contributed by atoms with van der Waals surface area (Å²) in [6, 6.07) is 6.87. The normalized spacial score (nSPS) is 10.1. The molecule has 0 radical (unpaired) electrons. The molecule has 0 fully saturated rings. The van der Waals surface area contributed by atoms with Gasteiger partial charge in [0.05, 0.1) is 24.3 Å². The van der Waals surface area contributed by atoms with Crippen molar-refractivity contribution >= 4 is 40.5 Å². The zero-order valence-electron chi connectivity index (χ0n) is 11.4. The Bertz CT molecular complexity index is 630. The molecule has 0 saturated heterocycles. The molecule has 112 valence electrons. The zero-order valence-corrected chi connectivity index (χ0v) is 12.9. The number of pyridine rings is 1. The van der Waals surface area contributed by atoms with E-state index in [1.54, 1.807) is 38.5 Å². The Kier molecular flexibility index (Phi) is 4.95. The van der Waals surface area contributed by atoms with Crippen LogP contribution < -0.4 is 26.1 Å². The summed E-state index contributed by atoms with van der Waals surface area (Å²) in [7, 11) is 3.14. The number of nitrogen functional groups attached to an aromatic ring is 1. The van der Waals surface area contributed by atoms with Crippen LogP contribution in [0.3, 0.4) is 0 Å². The highest BCUT2D eigenvalue weighted by atomic mass is 35.5. The van der Waals surface area contributed by atoms with Crippen molar-refractivity contribution in [2.75, 3.05) is 25.0 Å². The molecule has 1 aromatic heterocycles. The number of nitrogens with zero attached hydrogens (tertiary/aromatic N) is 1. The SMILES string of the molecule is COc1cc(Nc2nc(NN)c(Cl)cc2Cl)cc(OC)c1. The molecule has 0 aliphatic heterocycles. The number of hydrogen-bond donors (Lipinski definition) is 3. The third-order valence-electron chi connectivity index (χ3n) is 2.68. The summed E-state index contributed by atoms with van der Waals surface area (Å²) >= 11 is 12.1. The number of nitrogens with two attached hydrogens (primary N) is 1. The number of hydrogen-bond acceptors (Lipinski definition) is 6. The molecular formula is C13H14Cl2N4O2. The second-order valence-electron chi connectivity index (χ2n) is 4.02. The van der Waals surface area contributed by atoms with E-state index in [-0.39, 0.29) is 0 Å². The van der Waals surface area contributed by atoms with E-state index < -0.39 is 0 Å². The molecule has 0 amide bonds. The fourth-order valence-corrected chi connectivity index (χ4v) is 2.13. The molecule has 1 heterocycles. The lowest BCUT2D eigenvalue weighted by Gasteiger charge is -2.12. The van der Waals surface area contributed by atoms with Gasteiger partial charge in [-0.3, -0.25) is 0 Å². The first kappa shape index (κ1) is 15.5. The van der Waals surface area contributed by atoms with Gasteiger partial charge in [-0.05, 0) is 6.07 Å². The van der Waals surface area contributed by atoms with Gasteiger partial charge in [-0.2, -0.15) is 0 Å². The van der Waals surface area contributed by atoms with Crippen LogP contribution in [0.25, 0.3) is 0 Å². The monoisotopic (exact) mass is 328 g/mol. The Morgan fingerprint density at radius 1 is 0.952 bits per heavy atom. The maximum atomic E-state index is 6.12. The number of halogens is 2. The largest absolute Gasteiger partial charge is 0.497 e. The van der Waals surface area contributed by atoms with E-state index in [0.717, 1.165) is 0 Å². The van der Waals surface area contributed by atoms with E-state index in [9.17, 15) is 0 Å². The van der Waals surface area contributed by atoms with Crippen LogP contribution in [0.4, 0.5) is 17.3 Å². The summed E-state index contributed by atoms with van der Waals surface area (Å²) in [4.78, 5) is 4.20. The average Bonchev–Trinajstić information content (AvgIpc) is 2.49. The lowest BCUT2D eigenvalue weighted by Crippen LogP contribution is -2.10. The zero-order chi connectivity index (χ0) is 15.4. The molecule has 0 spiro atoms. The Balaban J connectivity index is 2.37. The van der Waals surface area contributed by atoms with Gasteiger partial charge in [-0.1, -0.05) is 23.2 Å². The van der Waals surface area contributed by atoms with Gasteiger partial charge in [0, 0.05) is 23.9 Å². The molecule has 0 aliphatic carbocycles. The third kappa shape index (κ3) is 3.60. The fraction of sp³-hybridized carbons (Fsp3) is 0.154. The van der Waals surface area contributed by atoms with Gasteiger partial charge in [-0.25, -0.2) is 10.8 Å². The molecule has 0 unspecified atom stereocenters. The smallest absolute Gasteiger partial charge is 0.161 e. The molecule has 21 heavy (non-hydrogen) atoms. The summed E-state index contributed by atoms with van der Waals surface area (Å²) in [5, 5.41) is 3.76. The van der Waals surface area contributed by atoms with Gasteiger partial charge < -0.3 is 20.2 Å².